The third-order valence-corrected chi connectivity index (χ3v) is 3.26. The first-order valence-electron chi connectivity index (χ1n) is 3.92. The van der Waals surface area contributed by atoms with Crippen molar-refractivity contribution in [1.29, 1.82) is 5.26 Å². The van der Waals surface area contributed by atoms with E-state index in [0.29, 0.717) is 0 Å². The Kier molecular flexibility index (Phi) is 3.29. The first-order valence-corrected chi connectivity index (χ1v) is 5.60. The molecule has 1 aromatic heterocycles. The Labute approximate surface area is 94.9 Å². The van der Waals surface area contributed by atoms with Crippen LogP contribution in [-0.2, 0) is 4.79 Å². The normalized spacial score (nSPS) is 10.7. The number of nitriles is 1. The lowest BCUT2D eigenvalue weighted by molar-refractivity contribution is -0.121. The molecule has 0 radical (unpaired) electrons. The molecule has 0 spiro atoms. The minimum absolute atomic E-state index is 0.283. The van der Waals surface area contributed by atoms with Gasteiger partial charge in [-0.15, -0.1) is 11.3 Å². The van der Waals surface area contributed by atoms with E-state index in [-0.39, 0.29) is 5.91 Å². The summed E-state index contributed by atoms with van der Waals surface area (Å²) in [6.07, 6.45) is 0. The second-order valence-corrected chi connectivity index (χ2v) is 5.15. The number of rotatable bonds is 2. The van der Waals surface area contributed by atoms with Crippen LogP contribution in [0, 0.1) is 16.7 Å². The first-order chi connectivity index (χ1) is 6.45. The monoisotopic (exact) mass is 272 g/mol. The maximum Gasteiger partial charge on any atom is 0.244 e. The topological polar surface area (TPSA) is 52.9 Å². The van der Waals surface area contributed by atoms with Crippen molar-refractivity contribution in [3.63, 3.8) is 0 Å². The Bertz CT molecular complexity index is 392. The van der Waals surface area contributed by atoms with E-state index in [4.69, 9.17) is 5.26 Å². The van der Waals surface area contributed by atoms with Gasteiger partial charge in [0.2, 0.25) is 5.91 Å². The van der Waals surface area contributed by atoms with Crippen LogP contribution in [0.1, 0.15) is 13.8 Å². The largest absolute Gasteiger partial charge is 0.316 e. The number of thiophene rings is 1. The van der Waals surface area contributed by atoms with Gasteiger partial charge in [0.1, 0.15) is 5.41 Å². The Morgan fingerprint density at radius 3 is 2.79 bits per heavy atom. The van der Waals surface area contributed by atoms with Gasteiger partial charge in [0.15, 0.2) is 0 Å². The predicted octanol–water partition coefficient (Wildman–Crippen LogP) is 3.00. The Balaban J connectivity index is 2.72. The number of hydrogen-bond donors (Lipinski definition) is 1. The number of carbonyl (C=O) groups excluding carboxylic acids is 1. The molecule has 0 bridgehead atoms. The lowest BCUT2D eigenvalue weighted by Gasteiger charge is -2.13. The van der Waals surface area contributed by atoms with Crippen molar-refractivity contribution >= 4 is 38.2 Å². The highest BCUT2D eigenvalue weighted by atomic mass is 79.9. The molecule has 0 aliphatic rings. The third-order valence-electron chi connectivity index (χ3n) is 1.65. The lowest BCUT2D eigenvalue weighted by atomic mass is 9.95. The van der Waals surface area contributed by atoms with Gasteiger partial charge >= 0.3 is 0 Å². The van der Waals surface area contributed by atoms with Gasteiger partial charge in [-0.2, -0.15) is 5.26 Å². The Morgan fingerprint density at radius 2 is 2.36 bits per heavy atom. The summed E-state index contributed by atoms with van der Waals surface area (Å²) >= 11 is 4.70. The lowest BCUT2D eigenvalue weighted by Crippen LogP contribution is -2.28. The van der Waals surface area contributed by atoms with Crippen molar-refractivity contribution in [3.8, 4) is 6.07 Å². The van der Waals surface area contributed by atoms with Crippen LogP contribution in [0.2, 0.25) is 0 Å². The van der Waals surface area contributed by atoms with Gasteiger partial charge < -0.3 is 5.32 Å². The number of hydrogen-bond acceptors (Lipinski definition) is 3. The number of halogens is 1. The smallest absolute Gasteiger partial charge is 0.244 e. The van der Waals surface area contributed by atoms with Crippen molar-refractivity contribution in [1.82, 2.24) is 0 Å². The molecule has 1 heterocycles. The fourth-order valence-electron chi connectivity index (χ4n) is 0.698. The van der Waals surface area contributed by atoms with E-state index < -0.39 is 5.41 Å². The van der Waals surface area contributed by atoms with Crippen LogP contribution in [0.4, 0.5) is 5.00 Å². The van der Waals surface area contributed by atoms with Gasteiger partial charge in [-0.3, -0.25) is 4.79 Å². The molecule has 14 heavy (non-hydrogen) atoms. The van der Waals surface area contributed by atoms with Gasteiger partial charge in [-0.1, -0.05) is 0 Å². The van der Waals surface area contributed by atoms with Crippen LogP contribution < -0.4 is 5.32 Å². The van der Waals surface area contributed by atoms with Crippen LogP contribution in [-0.4, -0.2) is 5.91 Å². The summed E-state index contributed by atoms with van der Waals surface area (Å²) in [6.45, 7) is 3.18. The maximum absolute atomic E-state index is 11.5. The molecule has 0 aliphatic heterocycles. The summed E-state index contributed by atoms with van der Waals surface area (Å²) < 4.78 is 0.924. The predicted molar refractivity (Wildman–Crippen MR) is 60.0 cm³/mol. The molecule has 0 aliphatic carbocycles. The van der Waals surface area contributed by atoms with E-state index >= 15 is 0 Å². The average molecular weight is 273 g/mol. The second-order valence-electron chi connectivity index (χ2n) is 3.32. The van der Waals surface area contributed by atoms with Crippen LogP contribution in [0.25, 0.3) is 0 Å². The number of nitrogens with zero attached hydrogens (tertiary/aromatic N) is 1. The highest BCUT2D eigenvalue weighted by Crippen LogP contribution is 2.26. The van der Waals surface area contributed by atoms with Gasteiger partial charge in [0.25, 0.3) is 0 Å². The molecule has 1 N–H and O–H groups in total. The first kappa shape index (κ1) is 11.2. The van der Waals surface area contributed by atoms with Crippen molar-refractivity contribution in [2.75, 3.05) is 5.32 Å². The van der Waals surface area contributed by atoms with Crippen molar-refractivity contribution in [2.45, 2.75) is 13.8 Å². The van der Waals surface area contributed by atoms with E-state index in [1.54, 1.807) is 19.9 Å². The molecule has 0 unspecified atom stereocenters. The molecule has 0 saturated carbocycles. The van der Waals surface area contributed by atoms with Gasteiger partial charge in [0, 0.05) is 9.85 Å². The Morgan fingerprint density at radius 1 is 1.71 bits per heavy atom. The van der Waals surface area contributed by atoms with Gasteiger partial charge in [-0.05, 0) is 35.8 Å². The zero-order valence-corrected chi connectivity index (χ0v) is 10.2. The minimum atomic E-state index is -0.990. The van der Waals surface area contributed by atoms with Gasteiger partial charge in [-0.25, -0.2) is 0 Å². The number of carbonyl (C=O) groups is 1. The van der Waals surface area contributed by atoms with E-state index in [0.717, 1.165) is 9.47 Å². The molecule has 74 valence electrons. The standard InChI is InChI=1S/C9H9BrN2OS/c1-9(2,5-11)8(13)12-7-3-6(10)4-14-7/h3-4H,1-2H3,(H,12,13). The van der Waals surface area contributed by atoms with E-state index in [1.165, 1.54) is 11.3 Å². The summed E-state index contributed by atoms with van der Waals surface area (Å²) in [5.74, 6) is -0.283. The average Bonchev–Trinajstić information content (AvgIpc) is 2.51. The molecule has 3 nitrogen and oxygen atoms in total. The van der Waals surface area contributed by atoms with Crippen molar-refractivity contribution in [3.05, 3.63) is 15.9 Å². The third kappa shape index (κ3) is 2.56. The number of anilines is 1. The molecule has 0 fully saturated rings. The Hall–Kier alpha value is -0.860. The molecule has 0 aromatic carbocycles. The molecule has 0 atom stereocenters. The van der Waals surface area contributed by atoms with Crippen molar-refractivity contribution in [2.24, 2.45) is 5.41 Å². The minimum Gasteiger partial charge on any atom is -0.316 e. The summed E-state index contributed by atoms with van der Waals surface area (Å²) in [5.41, 5.74) is -0.990. The van der Waals surface area contributed by atoms with E-state index in [1.807, 2.05) is 11.4 Å². The zero-order chi connectivity index (χ0) is 10.8. The van der Waals surface area contributed by atoms with Crippen LogP contribution in [0.5, 0.6) is 0 Å². The quantitative estimate of drug-likeness (QED) is 0.900. The van der Waals surface area contributed by atoms with E-state index in [2.05, 4.69) is 21.2 Å². The molecule has 1 aromatic rings. The molecule has 0 saturated heterocycles. The fourth-order valence-corrected chi connectivity index (χ4v) is 2.01. The highest BCUT2D eigenvalue weighted by Gasteiger charge is 2.27. The number of nitrogens with one attached hydrogen (secondary N) is 1. The highest BCUT2D eigenvalue weighted by molar-refractivity contribution is 9.10. The van der Waals surface area contributed by atoms with Crippen LogP contribution >= 0.6 is 27.3 Å². The fraction of sp³-hybridized carbons (Fsp3) is 0.333. The summed E-state index contributed by atoms with van der Waals surface area (Å²) in [5, 5.41) is 14.0. The summed E-state index contributed by atoms with van der Waals surface area (Å²) in [4.78, 5) is 11.5. The molecular weight excluding hydrogens is 264 g/mol. The summed E-state index contributed by atoms with van der Waals surface area (Å²) in [7, 11) is 0. The van der Waals surface area contributed by atoms with Crippen molar-refractivity contribution < 1.29 is 4.79 Å². The zero-order valence-electron chi connectivity index (χ0n) is 7.80. The molecule has 5 heteroatoms. The SMILES string of the molecule is CC(C)(C#N)C(=O)Nc1cc(Br)cs1. The molecule has 1 amide bonds. The molecule has 1 rings (SSSR count). The summed E-state index contributed by atoms with van der Waals surface area (Å²) in [6, 6.07) is 3.75. The van der Waals surface area contributed by atoms with Crippen LogP contribution in [0.3, 0.4) is 0 Å². The second kappa shape index (κ2) is 4.11. The maximum atomic E-state index is 11.5. The van der Waals surface area contributed by atoms with Gasteiger partial charge in [0.05, 0.1) is 11.1 Å². The van der Waals surface area contributed by atoms with Crippen LogP contribution in [0.15, 0.2) is 15.9 Å². The number of amides is 1. The van der Waals surface area contributed by atoms with E-state index in [9.17, 15) is 4.79 Å². The molecular formula is C9H9BrN2OS.